The molecule has 1 aliphatic rings. The molecule has 3 rings (SSSR count). The summed E-state index contributed by atoms with van der Waals surface area (Å²) in [7, 11) is -5.75. The maximum Gasteiger partial charge on any atom is 0.149 e. The molecule has 1 aliphatic heterocycles. The van der Waals surface area contributed by atoms with E-state index in [1.807, 2.05) is 41.1 Å². The van der Waals surface area contributed by atoms with Crippen LogP contribution < -0.4 is 14.0 Å². The third-order valence-corrected chi connectivity index (χ3v) is 7.26. The lowest BCUT2D eigenvalue weighted by Gasteiger charge is -2.18. The molecule has 110 valence electrons. The third-order valence-electron chi connectivity index (χ3n) is 2.56. The van der Waals surface area contributed by atoms with E-state index in [4.69, 9.17) is 3.74 Å². The summed E-state index contributed by atoms with van der Waals surface area (Å²) < 4.78 is 38.0. The largest absolute Gasteiger partial charge is 0.182 e. The Morgan fingerprint density at radius 3 is 2.24 bits per heavy atom. The summed E-state index contributed by atoms with van der Waals surface area (Å²) in [5, 5.41) is 3.79. The quantitative estimate of drug-likeness (QED) is 0.763. The predicted octanol–water partition coefficient (Wildman–Crippen LogP) is 1.04. The van der Waals surface area contributed by atoms with Crippen molar-refractivity contribution >= 4 is 43.2 Å². The van der Waals surface area contributed by atoms with Gasteiger partial charge in [0.25, 0.3) is 0 Å². The van der Waals surface area contributed by atoms with E-state index in [0.717, 1.165) is 9.75 Å². The van der Waals surface area contributed by atoms with E-state index in [1.165, 1.54) is 22.7 Å². The highest BCUT2D eigenvalue weighted by Gasteiger charge is 2.30. The molecule has 0 aliphatic carbocycles. The number of allylic oxidation sites excluding steroid dienone is 3. The maximum absolute atomic E-state index is 11.1. The monoisotopic (exact) mass is 360 g/mol. The van der Waals surface area contributed by atoms with E-state index >= 15 is 0 Å². The highest BCUT2D eigenvalue weighted by molar-refractivity contribution is 8.20. The van der Waals surface area contributed by atoms with Crippen molar-refractivity contribution in [3.63, 3.8) is 0 Å². The fourth-order valence-corrected chi connectivity index (χ4v) is 6.13. The molecule has 0 saturated heterocycles. The van der Waals surface area contributed by atoms with E-state index < -0.39 is 21.0 Å². The van der Waals surface area contributed by atoms with Crippen molar-refractivity contribution in [3.8, 4) is 0 Å². The van der Waals surface area contributed by atoms with E-state index in [1.54, 1.807) is 12.2 Å². The molecule has 0 bridgehead atoms. The molecule has 2 aromatic heterocycles. The van der Waals surface area contributed by atoms with Gasteiger partial charge in [-0.3, -0.25) is 0 Å². The molecule has 3 heterocycles. The fourth-order valence-electron chi connectivity index (χ4n) is 1.79. The van der Waals surface area contributed by atoms with Gasteiger partial charge in [0.1, 0.15) is 14.5 Å². The summed E-state index contributed by atoms with van der Waals surface area (Å²) in [5.41, 5.74) is 0. The fraction of sp³-hybridized carbons (Fsp3) is 0. The molecule has 1 unspecified atom stereocenters. The van der Waals surface area contributed by atoms with Gasteiger partial charge >= 0.3 is 0 Å². The van der Waals surface area contributed by atoms with Crippen LogP contribution in [-0.2, 0) is 3.74 Å². The Labute approximate surface area is 134 Å². The molecule has 2 aromatic rings. The Hall–Kier alpha value is -0.770. The molecular weight excluding hydrogens is 352 g/mol. The van der Waals surface area contributed by atoms with E-state index in [0.29, 0.717) is 9.77 Å². The molecule has 0 amide bonds. The first-order valence-electron chi connectivity index (χ1n) is 5.73. The number of thiophene rings is 2. The van der Waals surface area contributed by atoms with Gasteiger partial charge < -0.3 is 0 Å². The molecule has 0 spiro atoms. The predicted molar refractivity (Wildman–Crippen MR) is 78.5 cm³/mol. The van der Waals surface area contributed by atoms with Gasteiger partial charge in [0, 0.05) is 9.75 Å². The van der Waals surface area contributed by atoms with Crippen molar-refractivity contribution in [2.75, 3.05) is 0 Å². The summed E-state index contributed by atoms with van der Waals surface area (Å²) in [5.74, 6) is 0. The number of rotatable bonds is 4. The van der Waals surface area contributed by atoms with E-state index in [2.05, 4.69) is 0 Å². The molecule has 4 nitrogen and oxygen atoms in total. The summed E-state index contributed by atoms with van der Waals surface area (Å²) >= 11 is 2.95. The van der Waals surface area contributed by atoms with Crippen molar-refractivity contribution in [2.24, 2.45) is 0 Å². The second kappa shape index (κ2) is 6.15. The molecular formula is C13H9ClO4S3. The summed E-state index contributed by atoms with van der Waals surface area (Å²) in [6.07, 6.45) is 5.41. The highest BCUT2D eigenvalue weighted by Crippen LogP contribution is 2.43. The molecule has 21 heavy (non-hydrogen) atoms. The van der Waals surface area contributed by atoms with E-state index in [-0.39, 0.29) is 0 Å². The highest BCUT2D eigenvalue weighted by atomic mass is 35.7. The van der Waals surface area contributed by atoms with Crippen LogP contribution in [0, 0.1) is 10.2 Å². The van der Waals surface area contributed by atoms with Crippen LogP contribution in [0.25, 0.3) is 4.91 Å². The Balaban J connectivity index is 2.13. The Kier molecular flexibility index (Phi) is 4.43. The second-order valence-electron chi connectivity index (χ2n) is 3.92. The zero-order valence-corrected chi connectivity index (χ0v) is 13.6. The number of halogens is 1. The van der Waals surface area contributed by atoms with Crippen LogP contribution in [0.3, 0.4) is 0 Å². The molecule has 8 heteroatoms. The van der Waals surface area contributed by atoms with Gasteiger partial charge in [0.2, 0.25) is 0 Å². The van der Waals surface area contributed by atoms with Crippen molar-refractivity contribution in [2.45, 2.75) is 0 Å². The first-order valence-corrected chi connectivity index (χ1v) is 9.87. The first-order chi connectivity index (χ1) is 10.0. The van der Waals surface area contributed by atoms with Crippen molar-refractivity contribution in [1.29, 1.82) is 0 Å². The summed E-state index contributed by atoms with van der Waals surface area (Å²) in [4.78, 5) is 3.16. The Morgan fingerprint density at radius 1 is 1.00 bits per heavy atom. The lowest BCUT2D eigenvalue weighted by molar-refractivity contribution is -1.91. The molecule has 1 atom stereocenters. The lowest BCUT2D eigenvalue weighted by atomic mass is 10.3. The smallest absolute Gasteiger partial charge is 0.149 e. The minimum atomic E-state index is -4.50. The van der Waals surface area contributed by atoms with Gasteiger partial charge in [0.05, 0.1) is 20.0 Å². The van der Waals surface area contributed by atoms with Crippen molar-refractivity contribution < 1.29 is 28.0 Å². The zero-order valence-electron chi connectivity index (χ0n) is 10.4. The minimum Gasteiger partial charge on any atom is -0.182 e. The molecule has 0 aromatic carbocycles. The third kappa shape index (κ3) is 3.53. The minimum absolute atomic E-state index is 0.697. The molecule has 0 radical (unpaired) electrons. The van der Waals surface area contributed by atoms with Gasteiger partial charge in [-0.05, 0) is 35.0 Å². The standard InChI is InChI=1S/C13H9ClO4S3/c15-14(16,17)18-21-12(10-4-2-8-19-10)6-1-7-13(21)11-5-3-9-20-11/h1-9H. The van der Waals surface area contributed by atoms with Crippen LogP contribution in [0.15, 0.2) is 53.3 Å². The normalized spacial score (nSPS) is 18.9. The average molecular weight is 361 g/mol. The first kappa shape index (κ1) is 15.1. The van der Waals surface area contributed by atoms with Crippen LogP contribution >= 0.6 is 33.4 Å². The van der Waals surface area contributed by atoms with Crippen LogP contribution in [0.1, 0.15) is 9.75 Å². The maximum atomic E-state index is 11.1. The number of hydrogen-bond acceptors (Lipinski definition) is 6. The van der Waals surface area contributed by atoms with Crippen LogP contribution in [0.2, 0.25) is 0 Å². The van der Waals surface area contributed by atoms with Gasteiger partial charge in [-0.25, -0.2) is 0 Å². The lowest BCUT2D eigenvalue weighted by Crippen LogP contribution is -2.60. The van der Waals surface area contributed by atoms with Crippen molar-refractivity contribution in [1.82, 2.24) is 0 Å². The van der Waals surface area contributed by atoms with Crippen LogP contribution in [0.5, 0.6) is 0 Å². The molecule has 0 saturated carbocycles. The SMILES string of the molecule is [O-][Cl+3]([O-])([O-])OS1=C(c2cccs2)C=CC=C1c1cccs1. The molecule has 0 N–H and O–H groups in total. The van der Waals surface area contributed by atoms with E-state index in [9.17, 15) is 14.0 Å². The average Bonchev–Trinajstić information content (AvgIpc) is 3.11. The van der Waals surface area contributed by atoms with Crippen LogP contribution in [0.4, 0.5) is 0 Å². The second-order valence-corrected chi connectivity index (χ2v) is 8.49. The summed E-state index contributed by atoms with van der Waals surface area (Å²) in [6, 6.07) is 7.49. The zero-order chi connectivity index (χ0) is 14.9. The Bertz CT molecular complexity index is 709. The molecule has 0 fully saturated rings. The van der Waals surface area contributed by atoms with Gasteiger partial charge in [-0.2, -0.15) is 14.0 Å². The summed E-state index contributed by atoms with van der Waals surface area (Å²) in [6.45, 7) is 0. The van der Waals surface area contributed by atoms with Crippen molar-refractivity contribution in [3.05, 3.63) is 63.0 Å². The number of hydrogen-bond donors (Lipinski definition) is 0. The Morgan fingerprint density at radius 2 is 1.67 bits per heavy atom. The van der Waals surface area contributed by atoms with Gasteiger partial charge in [-0.1, -0.05) is 18.2 Å². The van der Waals surface area contributed by atoms with Gasteiger partial charge in [-0.15, -0.1) is 22.7 Å². The van der Waals surface area contributed by atoms with Gasteiger partial charge in [0.15, 0.2) is 0 Å². The topological polar surface area (TPSA) is 78.4 Å². The van der Waals surface area contributed by atoms with Crippen LogP contribution in [-0.4, -0.2) is 4.86 Å².